The molecule has 1 aromatic carbocycles. The topological polar surface area (TPSA) is 112 Å². The van der Waals surface area contributed by atoms with Crippen molar-refractivity contribution >= 4 is 29.1 Å². The first-order valence-electron chi connectivity index (χ1n) is 11.9. The SMILES string of the molecule is CC(=O)N1CCC[C@H](CNc2cc(Cc3ccc(C(=O)N(C)C)c(N(C)C)c3)ncc2C(N)=O)C1. The fourth-order valence-electron chi connectivity index (χ4n) is 4.40. The van der Waals surface area contributed by atoms with Gasteiger partial charge in [0.05, 0.1) is 16.8 Å². The molecule has 0 saturated carbocycles. The average Bonchev–Trinajstić information content (AvgIpc) is 2.82. The summed E-state index contributed by atoms with van der Waals surface area (Å²) in [6.07, 6.45) is 4.04. The molecule has 1 aromatic heterocycles. The molecule has 0 bridgehead atoms. The van der Waals surface area contributed by atoms with Crippen LogP contribution in [0.15, 0.2) is 30.5 Å². The number of nitrogens with two attached hydrogens (primary N) is 1. The summed E-state index contributed by atoms with van der Waals surface area (Å²) in [6, 6.07) is 7.62. The van der Waals surface area contributed by atoms with Crippen LogP contribution in [0.1, 0.15) is 51.7 Å². The highest BCUT2D eigenvalue weighted by molar-refractivity contribution is 6.00. The Bertz CT molecular complexity index is 1100. The Kier molecular flexibility index (Phi) is 8.32. The number of carbonyl (C=O) groups excluding carboxylic acids is 3. The van der Waals surface area contributed by atoms with E-state index >= 15 is 0 Å². The van der Waals surface area contributed by atoms with Crippen LogP contribution in [0, 0.1) is 5.92 Å². The van der Waals surface area contributed by atoms with Gasteiger partial charge in [-0.25, -0.2) is 0 Å². The first-order chi connectivity index (χ1) is 16.6. The number of aromatic nitrogens is 1. The van der Waals surface area contributed by atoms with Crippen molar-refractivity contribution in [3.8, 4) is 0 Å². The van der Waals surface area contributed by atoms with Gasteiger partial charge in [-0.15, -0.1) is 0 Å². The molecule has 0 unspecified atom stereocenters. The van der Waals surface area contributed by atoms with E-state index in [4.69, 9.17) is 5.73 Å². The molecule has 3 amide bonds. The van der Waals surface area contributed by atoms with Gasteiger partial charge in [-0.2, -0.15) is 0 Å². The van der Waals surface area contributed by atoms with E-state index in [2.05, 4.69) is 10.3 Å². The summed E-state index contributed by atoms with van der Waals surface area (Å²) in [5, 5.41) is 3.38. The molecule has 1 aliphatic heterocycles. The van der Waals surface area contributed by atoms with Gasteiger partial charge in [0.1, 0.15) is 0 Å². The number of likely N-dealkylation sites (tertiary alicyclic amines) is 1. The van der Waals surface area contributed by atoms with Crippen LogP contribution in [0.5, 0.6) is 0 Å². The minimum absolute atomic E-state index is 0.0540. The predicted molar refractivity (Wildman–Crippen MR) is 138 cm³/mol. The highest BCUT2D eigenvalue weighted by atomic mass is 16.2. The van der Waals surface area contributed by atoms with Gasteiger partial charge in [-0.1, -0.05) is 6.07 Å². The second-order valence-electron chi connectivity index (χ2n) is 9.56. The van der Waals surface area contributed by atoms with E-state index in [0.29, 0.717) is 42.2 Å². The fourth-order valence-corrected chi connectivity index (χ4v) is 4.40. The fraction of sp³-hybridized carbons (Fsp3) is 0.462. The quantitative estimate of drug-likeness (QED) is 0.599. The van der Waals surface area contributed by atoms with Crippen LogP contribution >= 0.6 is 0 Å². The maximum atomic E-state index is 12.6. The molecule has 0 aliphatic carbocycles. The molecule has 3 rings (SSSR count). The van der Waals surface area contributed by atoms with Gasteiger partial charge in [-0.05, 0) is 42.5 Å². The summed E-state index contributed by atoms with van der Waals surface area (Å²) >= 11 is 0. The molecular weight excluding hydrogens is 444 g/mol. The number of nitrogens with zero attached hydrogens (tertiary/aromatic N) is 4. The molecule has 35 heavy (non-hydrogen) atoms. The summed E-state index contributed by atoms with van der Waals surface area (Å²) in [6.45, 7) is 3.74. The molecular formula is C26H36N6O3. The number of hydrogen-bond donors (Lipinski definition) is 2. The molecule has 1 atom stereocenters. The lowest BCUT2D eigenvalue weighted by atomic mass is 9.97. The van der Waals surface area contributed by atoms with Gasteiger partial charge in [-0.3, -0.25) is 19.4 Å². The zero-order valence-electron chi connectivity index (χ0n) is 21.3. The number of primary amides is 1. The Labute approximate surface area is 207 Å². The lowest BCUT2D eigenvalue weighted by Crippen LogP contribution is -2.40. The largest absolute Gasteiger partial charge is 0.384 e. The summed E-state index contributed by atoms with van der Waals surface area (Å²) in [5.41, 5.74) is 9.83. The summed E-state index contributed by atoms with van der Waals surface area (Å²) in [7, 11) is 7.29. The van der Waals surface area contributed by atoms with Crippen molar-refractivity contribution in [3.63, 3.8) is 0 Å². The van der Waals surface area contributed by atoms with E-state index in [9.17, 15) is 14.4 Å². The standard InChI is InChI=1S/C26H36N6O3/c1-17(33)32-10-6-7-19(16-32)14-29-23-13-20(28-15-22(23)25(27)34)11-18-8-9-21(26(35)31(4)5)24(12-18)30(2)3/h8-9,12-13,15,19H,6-7,10-11,14,16H2,1-5H3,(H2,27,34)(H,28,29)/t19-/m1/s1. The van der Waals surface area contributed by atoms with Crippen molar-refractivity contribution in [3.05, 3.63) is 52.8 Å². The molecule has 1 aliphatic rings. The monoisotopic (exact) mass is 480 g/mol. The molecule has 2 aromatic rings. The third-order valence-corrected chi connectivity index (χ3v) is 6.34. The van der Waals surface area contributed by atoms with Crippen LogP contribution in [0.4, 0.5) is 11.4 Å². The lowest BCUT2D eigenvalue weighted by molar-refractivity contribution is -0.130. The van der Waals surface area contributed by atoms with Gasteiger partial charge in [0, 0.05) is 78.7 Å². The first kappa shape index (κ1) is 26.0. The van der Waals surface area contributed by atoms with Crippen LogP contribution in [0.2, 0.25) is 0 Å². The minimum Gasteiger partial charge on any atom is -0.384 e. The molecule has 9 nitrogen and oxygen atoms in total. The second-order valence-corrected chi connectivity index (χ2v) is 9.56. The molecule has 0 spiro atoms. The normalized spacial score (nSPS) is 15.5. The highest BCUT2D eigenvalue weighted by Gasteiger charge is 2.22. The number of carbonyl (C=O) groups is 3. The number of nitrogens with one attached hydrogen (secondary N) is 1. The van der Waals surface area contributed by atoms with Gasteiger partial charge in [0.2, 0.25) is 5.91 Å². The second kappa shape index (κ2) is 11.2. The van der Waals surface area contributed by atoms with Gasteiger partial charge < -0.3 is 25.8 Å². The van der Waals surface area contributed by atoms with Crippen LogP contribution in [-0.2, 0) is 11.2 Å². The van der Waals surface area contributed by atoms with Crippen LogP contribution in [0.25, 0.3) is 0 Å². The number of pyridine rings is 1. The van der Waals surface area contributed by atoms with E-state index in [1.807, 2.05) is 48.2 Å². The molecule has 9 heteroatoms. The van der Waals surface area contributed by atoms with Gasteiger partial charge in [0.15, 0.2) is 0 Å². The molecule has 1 saturated heterocycles. The van der Waals surface area contributed by atoms with Crippen molar-refractivity contribution in [1.82, 2.24) is 14.8 Å². The van der Waals surface area contributed by atoms with Crippen LogP contribution in [-0.4, -0.2) is 80.3 Å². The number of amides is 3. The first-order valence-corrected chi connectivity index (χ1v) is 11.9. The zero-order valence-corrected chi connectivity index (χ0v) is 21.3. The van der Waals surface area contributed by atoms with E-state index in [-0.39, 0.29) is 11.8 Å². The molecule has 0 radical (unpaired) electrons. The molecule has 2 heterocycles. The number of benzene rings is 1. The minimum atomic E-state index is -0.540. The maximum absolute atomic E-state index is 12.6. The zero-order chi connectivity index (χ0) is 25.7. The van der Waals surface area contributed by atoms with Crippen molar-refractivity contribution in [2.45, 2.75) is 26.2 Å². The smallest absolute Gasteiger partial charge is 0.255 e. The number of anilines is 2. The van der Waals surface area contributed by atoms with Gasteiger partial charge in [0.25, 0.3) is 11.8 Å². The summed E-state index contributed by atoms with van der Waals surface area (Å²) < 4.78 is 0. The van der Waals surface area contributed by atoms with E-state index in [1.165, 1.54) is 6.20 Å². The number of piperidine rings is 1. The van der Waals surface area contributed by atoms with Crippen LogP contribution in [0.3, 0.4) is 0 Å². The molecule has 188 valence electrons. The highest BCUT2D eigenvalue weighted by Crippen LogP contribution is 2.25. The Hall–Kier alpha value is -3.62. The number of hydrogen-bond acceptors (Lipinski definition) is 6. The van der Waals surface area contributed by atoms with Crippen molar-refractivity contribution in [1.29, 1.82) is 0 Å². The predicted octanol–water partition coefficient (Wildman–Crippen LogP) is 2.21. The van der Waals surface area contributed by atoms with Crippen LogP contribution < -0.4 is 16.0 Å². The van der Waals surface area contributed by atoms with E-state index in [1.54, 1.807) is 25.9 Å². The molecule has 1 fully saturated rings. The molecule has 3 N–H and O–H groups in total. The third kappa shape index (κ3) is 6.49. The Morgan fingerprint density at radius 2 is 1.89 bits per heavy atom. The van der Waals surface area contributed by atoms with Crippen molar-refractivity contribution in [2.24, 2.45) is 11.7 Å². The Morgan fingerprint density at radius 3 is 2.51 bits per heavy atom. The Balaban J connectivity index is 1.80. The lowest BCUT2D eigenvalue weighted by Gasteiger charge is -2.32. The third-order valence-electron chi connectivity index (χ3n) is 6.34. The van der Waals surface area contributed by atoms with Crippen molar-refractivity contribution < 1.29 is 14.4 Å². The summed E-state index contributed by atoms with van der Waals surface area (Å²) in [5.74, 6) is -0.202. The average molecular weight is 481 g/mol. The Morgan fingerprint density at radius 1 is 1.14 bits per heavy atom. The maximum Gasteiger partial charge on any atom is 0.255 e. The van der Waals surface area contributed by atoms with Gasteiger partial charge >= 0.3 is 0 Å². The number of rotatable bonds is 8. The van der Waals surface area contributed by atoms with Crippen molar-refractivity contribution in [2.75, 3.05) is 58.0 Å². The summed E-state index contributed by atoms with van der Waals surface area (Å²) in [4.78, 5) is 46.1. The van der Waals surface area contributed by atoms with E-state index in [0.717, 1.165) is 36.3 Å². The van der Waals surface area contributed by atoms with E-state index < -0.39 is 5.91 Å².